The van der Waals surface area contributed by atoms with Gasteiger partial charge in [0.05, 0.1) is 17.0 Å². The molecular formula is C18H15N3O3S. The van der Waals surface area contributed by atoms with E-state index >= 15 is 0 Å². The highest BCUT2D eigenvalue weighted by molar-refractivity contribution is 7.10. The van der Waals surface area contributed by atoms with Gasteiger partial charge in [0.1, 0.15) is 5.01 Å². The Bertz CT molecular complexity index is 937. The van der Waals surface area contributed by atoms with Gasteiger partial charge in [-0.25, -0.2) is 4.98 Å². The number of nitro groups is 1. The zero-order valence-electron chi connectivity index (χ0n) is 13.4. The molecule has 3 aromatic rings. The predicted molar refractivity (Wildman–Crippen MR) is 97.7 cm³/mol. The smallest absolute Gasteiger partial charge is 0.270 e. The second-order valence-corrected chi connectivity index (χ2v) is 6.42. The SMILES string of the molecule is Cc1ccccc1NC(=O)Cc1nc(-c2cccc([N+](=O)[O-])c2)cs1. The molecule has 0 bridgehead atoms. The molecule has 0 aliphatic heterocycles. The molecule has 0 radical (unpaired) electrons. The maximum absolute atomic E-state index is 12.2. The van der Waals surface area contributed by atoms with Crippen molar-refractivity contribution in [2.24, 2.45) is 0 Å². The van der Waals surface area contributed by atoms with Gasteiger partial charge in [-0.1, -0.05) is 30.3 Å². The molecule has 1 N–H and O–H groups in total. The van der Waals surface area contributed by atoms with Crippen LogP contribution in [0.5, 0.6) is 0 Å². The minimum absolute atomic E-state index is 0.0179. The lowest BCUT2D eigenvalue weighted by Gasteiger charge is -2.06. The first kappa shape index (κ1) is 16.8. The van der Waals surface area contributed by atoms with Crippen molar-refractivity contribution >= 4 is 28.6 Å². The fourth-order valence-electron chi connectivity index (χ4n) is 2.35. The van der Waals surface area contributed by atoms with E-state index in [0.717, 1.165) is 11.3 Å². The Morgan fingerprint density at radius 3 is 2.80 bits per heavy atom. The Hall–Kier alpha value is -3.06. The molecule has 0 unspecified atom stereocenters. The average Bonchev–Trinajstić information content (AvgIpc) is 3.05. The molecule has 0 aliphatic carbocycles. The van der Waals surface area contributed by atoms with Crippen LogP contribution in [0, 0.1) is 17.0 Å². The van der Waals surface area contributed by atoms with Crippen molar-refractivity contribution in [2.75, 3.05) is 5.32 Å². The van der Waals surface area contributed by atoms with E-state index < -0.39 is 4.92 Å². The zero-order chi connectivity index (χ0) is 17.8. The lowest BCUT2D eigenvalue weighted by atomic mass is 10.1. The summed E-state index contributed by atoms with van der Waals surface area (Å²) in [7, 11) is 0. The van der Waals surface area contributed by atoms with Crippen LogP contribution in [-0.2, 0) is 11.2 Å². The summed E-state index contributed by atoms with van der Waals surface area (Å²) in [5.41, 5.74) is 3.09. The minimum Gasteiger partial charge on any atom is -0.325 e. The molecule has 126 valence electrons. The van der Waals surface area contributed by atoms with Gasteiger partial charge in [0.15, 0.2) is 0 Å². The maximum atomic E-state index is 12.2. The summed E-state index contributed by atoms with van der Waals surface area (Å²) in [6.45, 7) is 1.93. The van der Waals surface area contributed by atoms with Crippen LogP contribution in [0.15, 0.2) is 53.9 Å². The first-order valence-corrected chi connectivity index (χ1v) is 8.45. The number of hydrogen-bond acceptors (Lipinski definition) is 5. The zero-order valence-corrected chi connectivity index (χ0v) is 14.2. The highest BCUT2D eigenvalue weighted by atomic mass is 32.1. The van der Waals surface area contributed by atoms with E-state index in [2.05, 4.69) is 10.3 Å². The van der Waals surface area contributed by atoms with E-state index in [4.69, 9.17) is 0 Å². The molecule has 1 heterocycles. The van der Waals surface area contributed by atoms with Gasteiger partial charge in [0.25, 0.3) is 5.69 Å². The second kappa shape index (κ2) is 7.23. The number of thiazole rings is 1. The van der Waals surface area contributed by atoms with Crippen molar-refractivity contribution in [1.82, 2.24) is 4.98 Å². The number of non-ortho nitro benzene ring substituents is 1. The summed E-state index contributed by atoms with van der Waals surface area (Å²) in [5, 5.41) is 16.2. The molecule has 0 fully saturated rings. The van der Waals surface area contributed by atoms with Crippen LogP contribution < -0.4 is 5.32 Å². The number of hydrogen-bond donors (Lipinski definition) is 1. The van der Waals surface area contributed by atoms with Gasteiger partial charge in [-0.15, -0.1) is 11.3 Å². The Labute approximate surface area is 148 Å². The molecule has 0 spiro atoms. The Balaban J connectivity index is 1.71. The highest BCUT2D eigenvalue weighted by Crippen LogP contribution is 2.25. The summed E-state index contributed by atoms with van der Waals surface area (Å²) < 4.78 is 0. The summed E-state index contributed by atoms with van der Waals surface area (Å²) >= 11 is 1.36. The van der Waals surface area contributed by atoms with Crippen LogP contribution in [0.25, 0.3) is 11.3 Å². The molecule has 0 saturated heterocycles. The topological polar surface area (TPSA) is 85.1 Å². The van der Waals surface area contributed by atoms with E-state index in [0.29, 0.717) is 16.3 Å². The van der Waals surface area contributed by atoms with Gasteiger partial charge in [0.2, 0.25) is 5.91 Å². The highest BCUT2D eigenvalue weighted by Gasteiger charge is 2.12. The fraction of sp³-hybridized carbons (Fsp3) is 0.111. The number of rotatable bonds is 5. The quantitative estimate of drug-likeness (QED) is 0.550. The Morgan fingerprint density at radius 1 is 1.24 bits per heavy atom. The van der Waals surface area contributed by atoms with Crippen molar-refractivity contribution in [1.29, 1.82) is 0 Å². The second-order valence-electron chi connectivity index (χ2n) is 5.47. The van der Waals surface area contributed by atoms with Gasteiger partial charge in [0, 0.05) is 28.8 Å². The normalized spacial score (nSPS) is 10.4. The number of carbonyl (C=O) groups excluding carboxylic acids is 1. The molecule has 7 heteroatoms. The number of benzene rings is 2. The number of carbonyl (C=O) groups is 1. The van der Waals surface area contributed by atoms with Gasteiger partial charge in [-0.3, -0.25) is 14.9 Å². The van der Waals surface area contributed by atoms with Gasteiger partial charge < -0.3 is 5.32 Å². The van der Waals surface area contributed by atoms with Crippen molar-refractivity contribution in [3.05, 3.63) is 74.6 Å². The summed E-state index contributed by atoms with van der Waals surface area (Å²) in [4.78, 5) is 27.0. The largest absolute Gasteiger partial charge is 0.325 e. The monoisotopic (exact) mass is 353 g/mol. The van der Waals surface area contributed by atoms with E-state index in [9.17, 15) is 14.9 Å². The first-order valence-electron chi connectivity index (χ1n) is 7.57. The molecule has 3 rings (SSSR count). The molecule has 1 aromatic heterocycles. The van der Waals surface area contributed by atoms with E-state index in [1.165, 1.54) is 23.5 Å². The van der Waals surface area contributed by atoms with Crippen LogP contribution in [-0.4, -0.2) is 15.8 Å². The van der Waals surface area contributed by atoms with Crippen molar-refractivity contribution in [3.8, 4) is 11.3 Å². The summed E-state index contributed by atoms with van der Waals surface area (Å²) in [5.74, 6) is -0.144. The number of aromatic nitrogens is 1. The molecule has 6 nitrogen and oxygen atoms in total. The van der Waals surface area contributed by atoms with Gasteiger partial charge in [-0.05, 0) is 18.6 Å². The average molecular weight is 353 g/mol. The minimum atomic E-state index is -0.438. The van der Waals surface area contributed by atoms with Crippen molar-refractivity contribution in [2.45, 2.75) is 13.3 Å². The van der Waals surface area contributed by atoms with Crippen molar-refractivity contribution < 1.29 is 9.72 Å². The third kappa shape index (κ3) is 4.07. The molecular weight excluding hydrogens is 338 g/mol. The van der Waals surface area contributed by atoms with E-state index in [1.54, 1.807) is 17.5 Å². The van der Waals surface area contributed by atoms with Crippen LogP contribution >= 0.6 is 11.3 Å². The number of nitrogens with one attached hydrogen (secondary N) is 1. The van der Waals surface area contributed by atoms with Gasteiger partial charge >= 0.3 is 0 Å². The summed E-state index contributed by atoms with van der Waals surface area (Å²) in [6.07, 6.45) is 0.161. The van der Waals surface area contributed by atoms with E-state index in [1.807, 2.05) is 31.2 Å². The molecule has 0 saturated carbocycles. The first-order chi connectivity index (χ1) is 12.0. The molecule has 1 amide bonds. The third-order valence-corrected chi connectivity index (χ3v) is 4.48. The Kier molecular flexibility index (Phi) is 4.85. The lowest BCUT2D eigenvalue weighted by Crippen LogP contribution is -2.14. The van der Waals surface area contributed by atoms with Gasteiger partial charge in [-0.2, -0.15) is 0 Å². The van der Waals surface area contributed by atoms with Crippen LogP contribution in [0.2, 0.25) is 0 Å². The molecule has 0 aliphatic rings. The molecule has 25 heavy (non-hydrogen) atoms. The van der Waals surface area contributed by atoms with E-state index in [-0.39, 0.29) is 18.0 Å². The standard InChI is InChI=1S/C18H15N3O3S/c1-12-5-2-3-8-15(12)19-17(22)10-18-20-16(11-25-18)13-6-4-7-14(9-13)21(23)24/h2-9,11H,10H2,1H3,(H,19,22). The van der Waals surface area contributed by atoms with Crippen LogP contribution in [0.4, 0.5) is 11.4 Å². The predicted octanol–water partition coefficient (Wildman–Crippen LogP) is 4.21. The number of nitro benzene ring substituents is 1. The molecule has 0 atom stereocenters. The van der Waals surface area contributed by atoms with Crippen LogP contribution in [0.3, 0.4) is 0 Å². The number of amides is 1. The number of nitrogens with zero attached hydrogens (tertiary/aromatic N) is 2. The summed E-state index contributed by atoms with van der Waals surface area (Å²) in [6, 6.07) is 13.9. The number of para-hydroxylation sites is 1. The fourth-order valence-corrected chi connectivity index (χ4v) is 3.15. The lowest BCUT2D eigenvalue weighted by molar-refractivity contribution is -0.384. The van der Waals surface area contributed by atoms with Crippen molar-refractivity contribution in [3.63, 3.8) is 0 Å². The molecule has 2 aromatic carbocycles. The maximum Gasteiger partial charge on any atom is 0.270 e. The van der Waals surface area contributed by atoms with Crippen LogP contribution in [0.1, 0.15) is 10.6 Å². The number of anilines is 1. The number of aryl methyl sites for hydroxylation is 1. The third-order valence-electron chi connectivity index (χ3n) is 3.64. The Morgan fingerprint density at radius 2 is 2.04 bits per heavy atom.